The Hall–Kier alpha value is -2.89. The molecule has 2 aliphatic heterocycles. The molecule has 10 nitrogen and oxygen atoms in total. The van der Waals surface area contributed by atoms with Crippen molar-refractivity contribution < 1.29 is 49.3 Å². The monoisotopic (exact) mass is 448 g/mol. The lowest BCUT2D eigenvalue weighted by molar-refractivity contribution is -0.277. The highest BCUT2D eigenvalue weighted by Gasteiger charge is 2.45. The van der Waals surface area contributed by atoms with Gasteiger partial charge in [0, 0.05) is 6.42 Å². The maximum atomic E-state index is 12.4. The van der Waals surface area contributed by atoms with Gasteiger partial charge >= 0.3 is 5.97 Å². The van der Waals surface area contributed by atoms with E-state index in [0.29, 0.717) is 17.5 Å². The first-order chi connectivity index (χ1) is 15.3. The highest BCUT2D eigenvalue weighted by atomic mass is 16.7. The van der Waals surface area contributed by atoms with Crippen LogP contribution in [0.15, 0.2) is 36.4 Å². The molecule has 32 heavy (non-hydrogen) atoms. The second-order valence-corrected chi connectivity index (χ2v) is 7.63. The lowest BCUT2D eigenvalue weighted by atomic mass is 9.94. The second-order valence-electron chi connectivity index (χ2n) is 7.63. The number of rotatable bonds is 5. The minimum absolute atomic E-state index is 0.133. The molecule has 0 amide bonds. The summed E-state index contributed by atoms with van der Waals surface area (Å²) in [6.07, 6.45) is -7.38. The molecule has 6 atom stereocenters. The van der Waals surface area contributed by atoms with E-state index in [1.165, 1.54) is 19.2 Å². The van der Waals surface area contributed by atoms with Crippen LogP contribution in [0.4, 0.5) is 0 Å². The zero-order valence-electron chi connectivity index (χ0n) is 17.1. The van der Waals surface area contributed by atoms with Crippen molar-refractivity contribution in [3.8, 4) is 17.2 Å². The number of esters is 1. The van der Waals surface area contributed by atoms with Gasteiger partial charge in [0.25, 0.3) is 0 Å². The van der Waals surface area contributed by atoms with Crippen LogP contribution in [0, 0.1) is 0 Å². The largest absolute Gasteiger partial charge is 0.507 e. The zero-order chi connectivity index (χ0) is 23.0. The van der Waals surface area contributed by atoms with Gasteiger partial charge in [-0.3, -0.25) is 0 Å². The Morgan fingerprint density at radius 1 is 1.06 bits per heavy atom. The van der Waals surface area contributed by atoms with E-state index in [4.69, 9.17) is 18.9 Å². The number of benzene rings is 2. The van der Waals surface area contributed by atoms with E-state index < -0.39 is 49.4 Å². The fourth-order valence-corrected chi connectivity index (χ4v) is 3.88. The van der Waals surface area contributed by atoms with Crippen LogP contribution in [-0.4, -0.2) is 75.9 Å². The van der Waals surface area contributed by atoms with Crippen molar-refractivity contribution in [1.82, 2.24) is 0 Å². The molecule has 6 unspecified atom stereocenters. The molecule has 2 aromatic rings. The van der Waals surface area contributed by atoms with E-state index in [-0.39, 0.29) is 22.8 Å². The number of aromatic hydroxyl groups is 1. The van der Waals surface area contributed by atoms with E-state index in [1.807, 2.05) is 0 Å². The first-order valence-electron chi connectivity index (χ1n) is 10.0. The molecule has 1 saturated heterocycles. The van der Waals surface area contributed by atoms with Crippen LogP contribution in [0.5, 0.6) is 17.2 Å². The van der Waals surface area contributed by atoms with Gasteiger partial charge in [-0.2, -0.15) is 0 Å². The Labute approximate surface area is 183 Å². The van der Waals surface area contributed by atoms with Gasteiger partial charge in [0.15, 0.2) is 11.5 Å². The topological polar surface area (TPSA) is 155 Å². The van der Waals surface area contributed by atoms with Crippen LogP contribution >= 0.6 is 0 Å². The number of ether oxygens (including phenoxy) is 4. The summed E-state index contributed by atoms with van der Waals surface area (Å²) in [4.78, 5) is 12.4. The van der Waals surface area contributed by atoms with E-state index in [9.17, 15) is 30.3 Å². The summed E-state index contributed by atoms with van der Waals surface area (Å²) in [5, 5.41) is 49.3. The number of fused-ring (bicyclic) bond motifs is 1. The van der Waals surface area contributed by atoms with Crippen molar-refractivity contribution in [2.24, 2.45) is 0 Å². The molecule has 2 heterocycles. The van der Waals surface area contributed by atoms with Gasteiger partial charge in [-0.15, -0.1) is 0 Å². The average molecular weight is 448 g/mol. The van der Waals surface area contributed by atoms with Crippen molar-refractivity contribution in [2.45, 2.75) is 43.2 Å². The number of carbonyl (C=O) groups is 1. The van der Waals surface area contributed by atoms with Gasteiger partial charge in [-0.25, -0.2) is 4.79 Å². The standard InChI is InChI=1S/C22H24O10/c1-29-15-7-10(14-8-11-3-2-4-12(24)17(11)21(28)30-14)5-6-13(15)31-22-20(27)19(26)18(25)16(9-23)32-22/h2-7,14,16,18-20,22-27H,8-9H2,1H3. The Bertz CT molecular complexity index is 991. The van der Waals surface area contributed by atoms with Crippen molar-refractivity contribution >= 4 is 5.97 Å². The molecule has 5 N–H and O–H groups in total. The van der Waals surface area contributed by atoms with Gasteiger partial charge in [0.05, 0.1) is 13.7 Å². The average Bonchev–Trinajstić information content (AvgIpc) is 2.79. The van der Waals surface area contributed by atoms with Crippen molar-refractivity contribution in [3.05, 3.63) is 53.1 Å². The first kappa shape index (κ1) is 22.3. The molecule has 10 heteroatoms. The molecule has 0 aliphatic carbocycles. The molecule has 2 aliphatic rings. The third kappa shape index (κ3) is 3.98. The summed E-state index contributed by atoms with van der Waals surface area (Å²) >= 11 is 0. The molecule has 0 spiro atoms. The highest BCUT2D eigenvalue weighted by Crippen LogP contribution is 2.38. The molecule has 0 bridgehead atoms. The number of cyclic esters (lactones) is 1. The minimum atomic E-state index is -1.57. The number of phenolic OH excluding ortho intramolecular Hbond substituents is 1. The number of methoxy groups -OCH3 is 1. The number of aliphatic hydroxyl groups excluding tert-OH is 4. The minimum Gasteiger partial charge on any atom is -0.507 e. The van der Waals surface area contributed by atoms with Gasteiger partial charge < -0.3 is 44.5 Å². The number of aliphatic hydroxyl groups is 4. The Morgan fingerprint density at radius 3 is 2.56 bits per heavy atom. The summed E-state index contributed by atoms with van der Waals surface area (Å²) in [6.45, 7) is -0.578. The number of hydrogen-bond acceptors (Lipinski definition) is 10. The number of phenols is 1. The van der Waals surface area contributed by atoms with Crippen LogP contribution in [0.25, 0.3) is 0 Å². The predicted octanol–water partition coefficient (Wildman–Crippen LogP) is 0.0337. The van der Waals surface area contributed by atoms with Gasteiger partial charge in [0.2, 0.25) is 6.29 Å². The molecule has 0 radical (unpaired) electrons. The fourth-order valence-electron chi connectivity index (χ4n) is 3.88. The van der Waals surface area contributed by atoms with E-state index in [1.54, 1.807) is 24.3 Å². The molecule has 172 valence electrons. The van der Waals surface area contributed by atoms with Crippen LogP contribution in [0.3, 0.4) is 0 Å². The van der Waals surface area contributed by atoms with Gasteiger partial charge in [-0.05, 0) is 29.3 Å². The summed E-state index contributed by atoms with van der Waals surface area (Å²) in [7, 11) is 1.40. The highest BCUT2D eigenvalue weighted by molar-refractivity contribution is 5.95. The number of hydrogen-bond donors (Lipinski definition) is 5. The van der Waals surface area contributed by atoms with Crippen LogP contribution in [0.1, 0.15) is 27.6 Å². The molecule has 0 saturated carbocycles. The first-order valence-corrected chi connectivity index (χ1v) is 10.0. The molecule has 0 aromatic heterocycles. The molecular weight excluding hydrogens is 424 g/mol. The van der Waals surface area contributed by atoms with Crippen molar-refractivity contribution in [2.75, 3.05) is 13.7 Å². The van der Waals surface area contributed by atoms with Crippen molar-refractivity contribution in [1.29, 1.82) is 0 Å². The van der Waals surface area contributed by atoms with Gasteiger partial charge in [-0.1, -0.05) is 18.2 Å². The van der Waals surface area contributed by atoms with E-state index >= 15 is 0 Å². The fraction of sp³-hybridized carbons (Fsp3) is 0.409. The predicted molar refractivity (Wildman–Crippen MR) is 107 cm³/mol. The summed E-state index contributed by atoms with van der Waals surface area (Å²) in [5.41, 5.74) is 1.43. The van der Waals surface area contributed by atoms with Gasteiger partial charge in [0.1, 0.15) is 41.8 Å². The molecule has 1 fully saturated rings. The van der Waals surface area contributed by atoms with Crippen LogP contribution < -0.4 is 9.47 Å². The van der Waals surface area contributed by atoms with Crippen molar-refractivity contribution in [3.63, 3.8) is 0 Å². The second kappa shape index (κ2) is 8.93. The summed E-state index contributed by atoms with van der Waals surface area (Å²) < 4.78 is 21.9. The molecule has 2 aromatic carbocycles. The third-order valence-electron chi connectivity index (χ3n) is 5.64. The lowest BCUT2D eigenvalue weighted by Gasteiger charge is -2.39. The SMILES string of the molecule is COc1cc(C2Cc3cccc(O)c3C(=O)O2)ccc1OC1OC(CO)C(O)C(O)C1O. The van der Waals surface area contributed by atoms with E-state index in [0.717, 1.165) is 0 Å². The molecule has 4 rings (SSSR count). The van der Waals surface area contributed by atoms with Crippen LogP contribution in [0.2, 0.25) is 0 Å². The quantitative estimate of drug-likeness (QED) is 0.396. The maximum Gasteiger partial charge on any atom is 0.342 e. The summed E-state index contributed by atoms with van der Waals surface area (Å²) in [5.74, 6) is -0.347. The maximum absolute atomic E-state index is 12.4. The normalized spacial score (nSPS) is 29.7. The van der Waals surface area contributed by atoms with Crippen LogP contribution in [-0.2, 0) is 15.9 Å². The Balaban J connectivity index is 1.56. The third-order valence-corrected chi connectivity index (χ3v) is 5.64. The zero-order valence-corrected chi connectivity index (χ0v) is 17.1. The summed E-state index contributed by atoms with van der Waals surface area (Å²) in [6, 6.07) is 9.60. The number of carbonyl (C=O) groups excluding carboxylic acids is 1. The Kier molecular flexibility index (Phi) is 6.22. The lowest BCUT2D eigenvalue weighted by Crippen LogP contribution is -2.60. The smallest absolute Gasteiger partial charge is 0.342 e. The molecular formula is C22H24O10. The van der Waals surface area contributed by atoms with E-state index in [2.05, 4.69) is 0 Å². The Morgan fingerprint density at radius 2 is 1.84 bits per heavy atom.